The van der Waals surface area contributed by atoms with Crippen LogP contribution in [0.15, 0.2) is 12.1 Å². The largest absolute Gasteiger partial charge is 0.505 e. The van der Waals surface area contributed by atoms with Gasteiger partial charge in [-0.05, 0) is 25.5 Å². The first-order chi connectivity index (χ1) is 9.88. The molecule has 0 heterocycles. The number of phenols is 1. The molecule has 0 radical (unpaired) electrons. The number of rotatable bonds is 6. The van der Waals surface area contributed by atoms with E-state index in [9.17, 15) is 15.0 Å². The van der Waals surface area contributed by atoms with Crippen LogP contribution in [0.25, 0.3) is 0 Å². The highest BCUT2D eigenvalue weighted by Crippen LogP contribution is 2.38. The van der Waals surface area contributed by atoms with Crippen molar-refractivity contribution in [1.29, 1.82) is 0 Å². The Bertz CT molecular complexity index is 497. The molecule has 1 rings (SSSR count). The van der Waals surface area contributed by atoms with Crippen LogP contribution in [0.4, 0.5) is 10.5 Å². The van der Waals surface area contributed by atoms with Gasteiger partial charge in [0.15, 0.2) is 0 Å². The molecule has 1 aromatic carbocycles. The number of nitrogens with one attached hydrogen (secondary N) is 1. The van der Waals surface area contributed by atoms with Gasteiger partial charge < -0.3 is 15.5 Å². The highest BCUT2D eigenvalue weighted by Gasteiger charge is 2.20. The second-order valence-corrected chi connectivity index (χ2v) is 5.63. The Hall–Kier alpha value is -1.11. The van der Waals surface area contributed by atoms with Crippen LogP contribution in [0.3, 0.4) is 0 Å². The molecular formula is C14H21ClN2O3S. The van der Waals surface area contributed by atoms with Crippen LogP contribution in [0.5, 0.6) is 5.75 Å². The average molecular weight is 333 g/mol. The van der Waals surface area contributed by atoms with E-state index in [1.807, 2.05) is 0 Å². The number of aromatic hydroxyl groups is 1. The molecule has 118 valence electrons. The monoisotopic (exact) mass is 332 g/mol. The summed E-state index contributed by atoms with van der Waals surface area (Å²) in [4.78, 5) is 12.0. The van der Waals surface area contributed by atoms with E-state index in [-0.39, 0.29) is 17.0 Å². The molecular weight excluding hydrogens is 312 g/mol. The fourth-order valence-electron chi connectivity index (χ4n) is 1.84. The lowest BCUT2D eigenvalue weighted by atomic mass is 10.1. The Labute approximate surface area is 135 Å². The van der Waals surface area contributed by atoms with Crippen LogP contribution in [-0.2, 0) is 0 Å². The second-order valence-electron chi connectivity index (χ2n) is 4.79. The number of phenolic OH excluding ortho intramolecular Hbond substituents is 1. The molecule has 7 heteroatoms. The van der Waals surface area contributed by atoms with Crippen LogP contribution in [0.2, 0.25) is 5.02 Å². The third-order valence-electron chi connectivity index (χ3n) is 3.01. The molecule has 5 nitrogen and oxygen atoms in total. The van der Waals surface area contributed by atoms with Crippen molar-refractivity contribution < 1.29 is 15.0 Å². The fraction of sp³-hybridized carbons (Fsp3) is 0.500. The minimum atomic E-state index is -0.906. The molecule has 1 aromatic rings. The Balaban J connectivity index is 2.86. The first-order valence-electron chi connectivity index (χ1n) is 6.85. The number of hydrogen-bond donors (Lipinski definition) is 4. The van der Waals surface area contributed by atoms with E-state index in [2.05, 4.69) is 25.1 Å². The molecule has 1 atom stereocenters. The van der Waals surface area contributed by atoms with Gasteiger partial charge in [-0.2, -0.15) is 0 Å². The third-order valence-corrected chi connectivity index (χ3v) is 3.63. The van der Waals surface area contributed by atoms with Gasteiger partial charge in [-0.1, -0.05) is 44.2 Å². The number of halogens is 1. The fourth-order valence-corrected chi connectivity index (χ4v) is 2.28. The van der Waals surface area contributed by atoms with E-state index in [0.717, 1.165) is 23.6 Å². The summed E-state index contributed by atoms with van der Waals surface area (Å²) in [5, 5.41) is 22.7. The Morgan fingerprint density at radius 3 is 2.71 bits per heavy atom. The van der Waals surface area contributed by atoms with Crippen LogP contribution < -0.4 is 9.62 Å². The lowest BCUT2D eigenvalue weighted by molar-refractivity contribution is 0.195. The van der Waals surface area contributed by atoms with Crippen LogP contribution in [0, 0.1) is 0 Å². The molecule has 0 saturated heterocycles. The molecule has 1 unspecified atom stereocenters. The number of amides is 2. The van der Waals surface area contributed by atoms with Gasteiger partial charge >= 0.3 is 6.03 Å². The zero-order valence-corrected chi connectivity index (χ0v) is 13.8. The number of unbranched alkanes of at least 4 members (excludes halogenated alkanes) is 2. The minimum Gasteiger partial charge on any atom is -0.505 e. The molecule has 0 saturated carbocycles. The van der Waals surface area contributed by atoms with E-state index in [0.29, 0.717) is 11.6 Å². The van der Waals surface area contributed by atoms with Crippen molar-refractivity contribution in [3.05, 3.63) is 22.7 Å². The van der Waals surface area contributed by atoms with Gasteiger partial charge in [-0.15, -0.1) is 0 Å². The molecule has 0 aliphatic rings. The smallest absolute Gasteiger partial charge is 0.332 e. The normalized spacial score (nSPS) is 12.0. The number of anilines is 1. The number of benzene rings is 1. The summed E-state index contributed by atoms with van der Waals surface area (Å²) in [6.07, 6.45) is 2.07. The standard InChI is InChI=1S/C14H21ClN2O3S/c1-3-4-5-6-16-14(20)17(21)12-8-10(15)7-11(9(2)18)13(12)19/h7-9,18-19,21H,3-6H2,1-2H3,(H,16,20). The van der Waals surface area contributed by atoms with E-state index >= 15 is 0 Å². The lowest BCUT2D eigenvalue weighted by Crippen LogP contribution is -2.34. The molecule has 0 aromatic heterocycles. The predicted octanol–water partition coefficient (Wildman–Crippen LogP) is 3.65. The zero-order valence-electron chi connectivity index (χ0n) is 12.1. The van der Waals surface area contributed by atoms with Gasteiger partial charge in [-0.3, -0.25) is 0 Å². The SMILES string of the molecule is CCCCCNC(=O)N(S)c1cc(Cl)cc(C(C)O)c1O. The van der Waals surface area contributed by atoms with Crippen molar-refractivity contribution in [3.8, 4) is 5.75 Å². The second kappa shape index (κ2) is 8.36. The molecule has 0 fully saturated rings. The van der Waals surface area contributed by atoms with E-state index < -0.39 is 12.1 Å². The number of aliphatic hydroxyl groups excluding tert-OH is 1. The molecule has 3 N–H and O–H groups in total. The lowest BCUT2D eigenvalue weighted by Gasteiger charge is -2.20. The number of carbonyl (C=O) groups excluding carboxylic acids is 1. The van der Waals surface area contributed by atoms with Crippen molar-refractivity contribution in [3.63, 3.8) is 0 Å². The first-order valence-corrected chi connectivity index (χ1v) is 7.63. The quantitative estimate of drug-likeness (QED) is 0.474. The number of aliphatic hydroxyl groups is 1. The Kier molecular flexibility index (Phi) is 7.14. The summed E-state index contributed by atoms with van der Waals surface area (Å²) < 4.78 is 0.985. The Morgan fingerprint density at radius 1 is 1.48 bits per heavy atom. The van der Waals surface area contributed by atoms with Crippen molar-refractivity contribution in [2.75, 3.05) is 10.8 Å². The highest BCUT2D eigenvalue weighted by molar-refractivity contribution is 7.82. The maximum absolute atomic E-state index is 12.0. The molecule has 0 aliphatic carbocycles. The maximum Gasteiger partial charge on any atom is 0.332 e. The topological polar surface area (TPSA) is 72.8 Å². The number of thiol groups is 1. The number of urea groups is 1. The maximum atomic E-state index is 12.0. The van der Waals surface area contributed by atoms with Crippen LogP contribution in [-0.4, -0.2) is 22.8 Å². The van der Waals surface area contributed by atoms with E-state index in [1.165, 1.54) is 19.1 Å². The van der Waals surface area contributed by atoms with Crippen molar-refractivity contribution in [2.24, 2.45) is 0 Å². The van der Waals surface area contributed by atoms with Gasteiger partial charge in [-0.25, -0.2) is 9.10 Å². The highest BCUT2D eigenvalue weighted by atomic mass is 35.5. The van der Waals surface area contributed by atoms with E-state index in [1.54, 1.807) is 0 Å². The average Bonchev–Trinajstić information content (AvgIpc) is 2.44. The van der Waals surface area contributed by atoms with Crippen LogP contribution in [0.1, 0.15) is 44.8 Å². The van der Waals surface area contributed by atoms with Gasteiger partial charge in [0.25, 0.3) is 0 Å². The molecule has 0 bridgehead atoms. The van der Waals surface area contributed by atoms with Crippen molar-refractivity contribution >= 4 is 36.1 Å². The summed E-state index contributed by atoms with van der Waals surface area (Å²) in [6, 6.07) is 2.41. The predicted molar refractivity (Wildman–Crippen MR) is 88.1 cm³/mol. The summed E-state index contributed by atoms with van der Waals surface area (Å²) in [5.74, 6) is -0.215. The third kappa shape index (κ3) is 4.98. The summed E-state index contributed by atoms with van der Waals surface area (Å²) in [6.45, 7) is 4.12. The molecule has 0 aliphatic heterocycles. The number of hydrogen-bond acceptors (Lipinski definition) is 4. The summed E-state index contributed by atoms with van der Waals surface area (Å²) >= 11 is 10.0. The van der Waals surface area contributed by atoms with Gasteiger partial charge in [0.2, 0.25) is 0 Å². The number of nitrogens with zero attached hydrogens (tertiary/aromatic N) is 1. The van der Waals surface area contributed by atoms with Gasteiger partial charge in [0.05, 0.1) is 6.10 Å². The van der Waals surface area contributed by atoms with Crippen molar-refractivity contribution in [2.45, 2.75) is 39.2 Å². The van der Waals surface area contributed by atoms with Crippen LogP contribution >= 0.6 is 24.4 Å². The van der Waals surface area contributed by atoms with Crippen molar-refractivity contribution in [1.82, 2.24) is 5.32 Å². The summed E-state index contributed by atoms with van der Waals surface area (Å²) in [5.41, 5.74) is 0.380. The number of carbonyl (C=O) groups is 1. The van der Waals surface area contributed by atoms with Gasteiger partial charge in [0.1, 0.15) is 11.4 Å². The minimum absolute atomic E-state index is 0.134. The first kappa shape index (κ1) is 17.9. The van der Waals surface area contributed by atoms with Gasteiger partial charge in [0, 0.05) is 17.1 Å². The zero-order chi connectivity index (χ0) is 16.0. The molecule has 2 amide bonds. The molecule has 0 spiro atoms. The molecule has 21 heavy (non-hydrogen) atoms. The Morgan fingerprint density at radius 2 is 2.14 bits per heavy atom. The van der Waals surface area contributed by atoms with E-state index in [4.69, 9.17) is 11.6 Å². The summed E-state index contributed by atoms with van der Waals surface area (Å²) in [7, 11) is 0.